The van der Waals surface area contributed by atoms with E-state index in [-0.39, 0.29) is 10.9 Å². The third-order valence-electron chi connectivity index (χ3n) is 2.56. The van der Waals surface area contributed by atoms with E-state index in [0.717, 1.165) is 5.56 Å². The van der Waals surface area contributed by atoms with Gasteiger partial charge in [-0.25, -0.2) is 9.37 Å². The molecule has 1 nitrogen and oxygen atoms in total. The number of pyridine rings is 1. The third kappa shape index (κ3) is 2.47. The molecule has 1 heterocycles. The van der Waals surface area contributed by atoms with Crippen molar-refractivity contribution in [1.29, 1.82) is 0 Å². The van der Waals surface area contributed by atoms with Crippen molar-refractivity contribution in [2.24, 2.45) is 0 Å². The van der Waals surface area contributed by atoms with Crippen molar-refractivity contribution in [1.82, 2.24) is 4.98 Å². The maximum Gasteiger partial charge on any atom is 0.163 e. The largest absolute Gasteiger partial charge is 0.249 e. The van der Waals surface area contributed by atoms with Crippen molar-refractivity contribution >= 4 is 11.6 Å². The Kier molecular flexibility index (Phi) is 3.43. The van der Waals surface area contributed by atoms with Crippen molar-refractivity contribution in [2.45, 2.75) is 19.8 Å². The molecule has 0 aliphatic heterocycles. The number of halogens is 2. The first-order valence-electron chi connectivity index (χ1n) is 5.51. The van der Waals surface area contributed by atoms with E-state index < -0.39 is 5.82 Å². The Morgan fingerprint density at radius 3 is 2.41 bits per heavy atom. The van der Waals surface area contributed by atoms with Gasteiger partial charge in [0.25, 0.3) is 0 Å². The summed E-state index contributed by atoms with van der Waals surface area (Å²) in [6, 6.07) is 11.2. The molecule has 88 valence electrons. The topological polar surface area (TPSA) is 12.9 Å². The highest BCUT2D eigenvalue weighted by molar-refractivity contribution is 6.31. The van der Waals surface area contributed by atoms with Crippen molar-refractivity contribution in [3.05, 3.63) is 52.9 Å². The Labute approximate surface area is 105 Å². The van der Waals surface area contributed by atoms with E-state index in [1.807, 2.05) is 44.2 Å². The van der Waals surface area contributed by atoms with Crippen LogP contribution in [0, 0.1) is 5.82 Å². The molecule has 0 spiro atoms. The fourth-order valence-electron chi connectivity index (χ4n) is 1.66. The first kappa shape index (κ1) is 12.1. The Balaban J connectivity index is 2.57. The molecule has 0 saturated carbocycles. The highest BCUT2D eigenvalue weighted by atomic mass is 35.5. The normalized spacial score (nSPS) is 10.9. The SMILES string of the molecule is CC(C)c1nc(-c2ccccc2)cc(Cl)c1F. The van der Waals surface area contributed by atoms with Crippen molar-refractivity contribution in [3.8, 4) is 11.3 Å². The standard InChI is InChI=1S/C14H13ClFN/c1-9(2)14-13(16)11(15)8-12(17-14)10-6-4-3-5-7-10/h3-9H,1-2H3. The average Bonchev–Trinajstić information content (AvgIpc) is 2.33. The summed E-state index contributed by atoms with van der Waals surface area (Å²) < 4.78 is 13.8. The fraction of sp³-hybridized carbons (Fsp3) is 0.214. The number of hydrogen-bond donors (Lipinski definition) is 0. The lowest BCUT2D eigenvalue weighted by Gasteiger charge is -2.10. The quantitative estimate of drug-likeness (QED) is 0.754. The van der Waals surface area contributed by atoms with Gasteiger partial charge in [0.1, 0.15) is 0 Å². The van der Waals surface area contributed by atoms with Crippen LogP contribution in [0.2, 0.25) is 5.02 Å². The van der Waals surface area contributed by atoms with E-state index in [1.165, 1.54) is 0 Å². The lowest BCUT2D eigenvalue weighted by Crippen LogP contribution is -2.00. The number of aromatic nitrogens is 1. The molecule has 2 aromatic rings. The van der Waals surface area contributed by atoms with E-state index in [4.69, 9.17) is 11.6 Å². The van der Waals surface area contributed by atoms with Crippen molar-refractivity contribution in [2.75, 3.05) is 0 Å². The molecule has 0 bridgehead atoms. The van der Waals surface area contributed by atoms with Gasteiger partial charge in [0.2, 0.25) is 0 Å². The Bertz CT molecular complexity index is 523. The Hall–Kier alpha value is -1.41. The van der Waals surface area contributed by atoms with Gasteiger partial charge in [-0.1, -0.05) is 55.8 Å². The number of benzene rings is 1. The summed E-state index contributed by atoms with van der Waals surface area (Å²) in [5.74, 6) is -0.405. The van der Waals surface area contributed by atoms with Gasteiger partial charge in [-0.15, -0.1) is 0 Å². The molecular weight excluding hydrogens is 237 g/mol. The van der Waals surface area contributed by atoms with Gasteiger partial charge >= 0.3 is 0 Å². The van der Waals surface area contributed by atoms with E-state index in [9.17, 15) is 4.39 Å². The van der Waals surface area contributed by atoms with E-state index in [1.54, 1.807) is 6.07 Å². The molecule has 0 atom stereocenters. The van der Waals surface area contributed by atoms with E-state index >= 15 is 0 Å². The monoisotopic (exact) mass is 249 g/mol. The summed E-state index contributed by atoms with van der Waals surface area (Å²) in [6.45, 7) is 3.80. The van der Waals surface area contributed by atoms with Gasteiger partial charge in [-0.05, 0) is 12.0 Å². The number of nitrogens with zero attached hydrogens (tertiary/aromatic N) is 1. The minimum absolute atomic E-state index is 0.0103. The van der Waals surface area contributed by atoms with Crippen LogP contribution in [0.1, 0.15) is 25.5 Å². The Morgan fingerprint density at radius 1 is 1.18 bits per heavy atom. The van der Waals surface area contributed by atoms with Crippen LogP contribution in [-0.2, 0) is 0 Å². The summed E-state index contributed by atoms with van der Waals surface area (Å²) in [5, 5.41) is 0.127. The third-order valence-corrected chi connectivity index (χ3v) is 2.83. The predicted octanol–water partition coefficient (Wildman–Crippen LogP) is 4.66. The van der Waals surface area contributed by atoms with E-state index in [0.29, 0.717) is 11.4 Å². The molecule has 2 rings (SSSR count). The van der Waals surface area contributed by atoms with Crippen molar-refractivity contribution in [3.63, 3.8) is 0 Å². The minimum Gasteiger partial charge on any atom is -0.249 e. The Morgan fingerprint density at radius 2 is 1.82 bits per heavy atom. The molecular formula is C14H13ClFN. The van der Waals surface area contributed by atoms with Crippen LogP contribution in [-0.4, -0.2) is 4.98 Å². The molecule has 0 fully saturated rings. The molecule has 3 heteroatoms. The lowest BCUT2D eigenvalue weighted by atomic mass is 10.1. The summed E-state index contributed by atoms with van der Waals surface area (Å²) in [5.41, 5.74) is 2.06. The second kappa shape index (κ2) is 4.84. The van der Waals surface area contributed by atoms with Gasteiger partial charge in [-0.3, -0.25) is 0 Å². The summed E-state index contributed by atoms with van der Waals surface area (Å²) in [6.07, 6.45) is 0. The van der Waals surface area contributed by atoms with Crippen molar-refractivity contribution < 1.29 is 4.39 Å². The number of rotatable bonds is 2. The molecule has 0 radical (unpaired) electrons. The zero-order valence-corrected chi connectivity index (χ0v) is 10.5. The predicted molar refractivity (Wildman–Crippen MR) is 68.7 cm³/mol. The van der Waals surface area contributed by atoms with Crippen LogP contribution >= 0.6 is 11.6 Å². The molecule has 0 saturated heterocycles. The fourth-order valence-corrected chi connectivity index (χ4v) is 1.86. The highest BCUT2D eigenvalue weighted by Gasteiger charge is 2.14. The van der Waals surface area contributed by atoms with Crippen LogP contribution in [0.3, 0.4) is 0 Å². The smallest absolute Gasteiger partial charge is 0.163 e. The maximum atomic E-state index is 13.8. The van der Waals surface area contributed by atoms with Crippen LogP contribution in [0.25, 0.3) is 11.3 Å². The molecule has 0 unspecified atom stereocenters. The lowest BCUT2D eigenvalue weighted by molar-refractivity contribution is 0.586. The summed E-state index contributed by atoms with van der Waals surface area (Å²) in [4.78, 5) is 4.34. The minimum atomic E-state index is -0.415. The van der Waals surface area contributed by atoms with Gasteiger partial charge in [0.05, 0.1) is 16.4 Å². The zero-order valence-electron chi connectivity index (χ0n) is 9.74. The van der Waals surface area contributed by atoms with Crippen LogP contribution in [0.4, 0.5) is 4.39 Å². The molecule has 0 amide bonds. The number of hydrogen-bond acceptors (Lipinski definition) is 1. The molecule has 17 heavy (non-hydrogen) atoms. The molecule has 1 aromatic heterocycles. The van der Waals surface area contributed by atoms with Crippen LogP contribution < -0.4 is 0 Å². The second-order valence-corrected chi connectivity index (χ2v) is 4.62. The van der Waals surface area contributed by atoms with Gasteiger partial charge in [-0.2, -0.15) is 0 Å². The zero-order chi connectivity index (χ0) is 12.4. The maximum absolute atomic E-state index is 13.8. The summed E-state index contributed by atoms with van der Waals surface area (Å²) >= 11 is 5.90. The molecule has 0 aliphatic carbocycles. The first-order valence-corrected chi connectivity index (χ1v) is 5.88. The van der Waals surface area contributed by atoms with Crippen LogP contribution in [0.15, 0.2) is 36.4 Å². The van der Waals surface area contributed by atoms with Crippen LogP contribution in [0.5, 0.6) is 0 Å². The molecule has 0 aliphatic rings. The molecule has 0 N–H and O–H groups in total. The highest BCUT2D eigenvalue weighted by Crippen LogP contribution is 2.28. The molecule has 1 aromatic carbocycles. The van der Waals surface area contributed by atoms with E-state index in [2.05, 4.69) is 4.98 Å². The van der Waals surface area contributed by atoms with Gasteiger partial charge < -0.3 is 0 Å². The summed E-state index contributed by atoms with van der Waals surface area (Å²) in [7, 11) is 0. The first-order chi connectivity index (χ1) is 8.09. The van der Waals surface area contributed by atoms with Gasteiger partial charge in [0.15, 0.2) is 5.82 Å². The second-order valence-electron chi connectivity index (χ2n) is 4.21. The average molecular weight is 250 g/mol. The van der Waals surface area contributed by atoms with Gasteiger partial charge in [0, 0.05) is 5.56 Å².